The van der Waals surface area contributed by atoms with Gasteiger partial charge in [0.2, 0.25) is 0 Å². The molecule has 6 nitrogen and oxygen atoms in total. The number of ether oxygens (including phenoxy) is 3. The lowest BCUT2D eigenvalue weighted by atomic mass is 10.1. The standard InChI is InChI=1S/C19H17Cl2NO5/c20-14-4-3-5-15(21)13(14)8-19(24)26-11-18(23)22-9-12-10-25-16-6-1-2-7-17(16)27-12/h1-7,12H,8-11H2,(H,22,23)/t12-/m0/s1. The SMILES string of the molecule is O=C(COC(=O)Cc1c(Cl)cccc1Cl)NC[C@H]1COc2ccccc2O1. The van der Waals surface area contributed by atoms with Crippen molar-refractivity contribution < 1.29 is 23.8 Å². The van der Waals surface area contributed by atoms with E-state index in [2.05, 4.69) is 5.32 Å². The van der Waals surface area contributed by atoms with Gasteiger partial charge < -0.3 is 19.5 Å². The zero-order valence-corrected chi connectivity index (χ0v) is 15.8. The summed E-state index contributed by atoms with van der Waals surface area (Å²) >= 11 is 12.0. The summed E-state index contributed by atoms with van der Waals surface area (Å²) in [5, 5.41) is 3.40. The van der Waals surface area contributed by atoms with Crippen LogP contribution < -0.4 is 14.8 Å². The average molecular weight is 410 g/mol. The minimum absolute atomic E-state index is 0.109. The first kappa shape index (κ1) is 19.3. The maximum atomic E-state index is 11.9. The maximum Gasteiger partial charge on any atom is 0.310 e. The molecule has 1 aliphatic heterocycles. The summed E-state index contributed by atoms with van der Waals surface area (Å²) in [5.74, 6) is 0.278. The molecule has 2 aromatic rings. The van der Waals surface area contributed by atoms with E-state index < -0.39 is 18.5 Å². The summed E-state index contributed by atoms with van der Waals surface area (Å²) in [6.45, 7) is 0.161. The Kier molecular flexibility index (Phi) is 6.42. The highest BCUT2D eigenvalue weighted by Gasteiger charge is 2.21. The van der Waals surface area contributed by atoms with Crippen LogP contribution in [0, 0.1) is 0 Å². The number of esters is 1. The molecule has 2 aromatic carbocycles. The molecular formula is C19H17Cl2NO5. The summed E-state index contributed by atoms with van der Waals surface area (Å²) in [5.41, 5.74) is 0.470. The predicted molar refractivity (Wildman–Crippen MR) is 100 cm³/mol. The highest BCUT2D eigenvalue weighted by atomic mass is 35.5. The van der Waals surface area contributed by atoms with Gasteiger partial charge in [-0.3, -0.25) is 9.59 Å². The molecule has 0 radical (unpaired) electrons. The molecule has 142 valence electrons. The Hall–Kier alpha value is -2.44. The van der Waals surface area contributed by atoms with Gasteiger partial charge in [0.15, 0.2) is 18.1 Å². The molecule has 27 heavy (non-hydrogen) atoms. The van der Waals surface area contributed by atoms with Gasteiger partial charge in [0.25, 0.3) is 5.91 Å². The average Bonchev–Trinajstić information content (AvgIpc) is 2.67. The molecule has 0 saturated heterocycles. The first-order valence-electron chi connectivity index (χ1n) is 8.26. The first-order valence-corrected chi connectivity index (χ1v) is 9.02. The lowest BCUT2D eigenvalue weighted by Crippen LogP contribution is -2.42. The number of amides is 1. The van der Waals surface area contributed by atoms with Crippen molar-refractivity contribution in [2.24, 2.45) is 0 Å². The molecule has 0 bridgehead atoms. The van der Waals surface area contributed by atoms with Gasteiger partial charge in [0, 0.05) is 15.6 Å². The topological polar surface area (TPSA) is 73.9 Å². The highest BCUT2D eigenvalue weighted by Crippen LogP contribution is 2.30. The third-order valence-corrected chi connectivity index (χ3v) is 4.55. The van der Waals surface area contributed by atoms with Crippen LogP contribution in [0.3, 0.4) is 0 Å². The van der Waals surface area contributed by atoms with Gasteiger partial charge in [0.1, 0.15) is 12.7 Å². The van der Waals surface area contributed by atoms with E-state index in [9.17, 15) is 9.59 Å². The molecule has 1 amide bonds. The van der Waals surface area contributed by atoms with Crippen molar-refractivity contribution in [3.05, 3.63) is 58.1 Å². The number of carbonyl (C=O) groups is 2. The Morgan fingerprint density at radius 1 is 1.07 bits per heavy atom. The van der Waals surface area contributed by atoms with Gasteiger partial charge in [0.05, 0.1) is 13.0 Å². The Balaban J connectivity index is 1.40. The zero-order valence-electron chi connectivity index (χ0n) is 14.2. The van der Waals surface area contributed by atoms with Crippen LogP contribution in [0.5, 0.6) is 11.5 Å². The molecule has 0 unspecified atom stereocenters. The van der Waals surface area contributed by atoms with Gasteiger partial charge in [-0.15, -0.1) is 0 Å². The fourth-order valence-corrected chi connectivity index (χ4v) is 3.02. The number of hydrogen-bond donors (Lipinski definition) is 1. The van der Waals surface area contributed by atoms with E-state index in [1.54, 1.807) is 24.3 Å². The molecule has 1 atom stereocenters. The number of para-hydroxylation sites is 2. The molecule has 0 aliphatic carbocycles. The van der Waals surface area contributed by atoms with Crippen molar-refractivity contribution in [3.63, 3.8) is 0 Å². The number of rotatable bonds is 6. The largest absolute Gasteiger partial charge is 0.486 e. The second kappa shape index (κ2) is 8.97. The van der Waals surface area contributed by atoms with Crippen LogP contribution in [0.1, 0.15) is 5.56 Å². The van der Waals surface area contributed by atoms with E-state index in [4.69, 9.17) is 37.4 Å². The van der Waals surface area contributed by atoms with Gasteiger partial charge >= 0.3 is 5.97 Å². The molecule has 0 spiro atoms. The van der Waals surface area contributed by atoms with Crippen LogP contribution in [-0.4, -0.2) is 37.7 Å². The molecule has 1 aliphatic rings. The van der Waals surface area contributed by atoms with Gasteiger partial charge in [-0.2, -0.15) is 0 Å². The van der Waals surface area contributed by atoms with Crippen molar-refractivity contribution in [1.82, 2.24) is 5.32 Å². The van der Waals surface area contributed by atoms with E-state index >= 15 is 0 Å². The van der Waals surface area contributed by atoms with Crippen LogP contribution in [-0.2, 0) is 20.7 Å². The summed E-state index contributed by atoms with van der Waals surface area (Å²) < 4.78 is 16.3. The minimum Gasteiger partial charge on any atom is -0.486 e. The van der Waals surface area contributed by atoms with Crippen molar-refractivity contribution in [1.29, 1.82) is 0 Å². The summed E-state index contributed by atoms with van der Waals surface area (Å²) in [6.07, 6.45) is -0.427. The molecule has 3 rings (SSSR count). The maximum absolute atomic E-state index is 11.9. The molecule has 0 aromatic heterocycles. The monoisotopic (exact) mass is 409 g/mol. The fraction of sp³-hybridized carbons (Fsp3) is 0.263. The highest BCUT2D eigenvalue weighted by molar-refractivity contribution is 6.36. The predicted octanol–water partition coefficient (Wildman–Crippen LogP) is 3.04. The smallest absolute Gasteiger partial charge is 0.310 e. The second-order valence-electron chi connectivity index (χ2n) is 5.84. The van der Waals surface area contributed by atoms with E-state index in [0.717, 1.165) is 0 Å². The quantitative estimate of drug-likeness (QED) is 0.742. The molecule has 1 heterocycles. The van der Waals surface area contributed by atoms with E-state index in [0.29, 0.717) is 33.7 Å². The minimum atomic E-state index is -0.591. The van der Waals surface area contributed by atoms with Crippen LogP contribution in [0.4, 0.5) is 0 Å². The third-order valence-electron chi connectivity index (χ3n) is 3.84. The lowest BCUT2D eigenvalue weighted by molar-refractivity contribution is -0.148. The third kappa shape index (κ3) is 5.28. The van der Waals surface area contributed by atoms with Crippen LogP contribution in [0.2, 0.25) is 10.0 Å². The first-order chi connectivity index (χ1) is 13.0. The van der Waals surface area contributed by atoms with Crippen molar-refractivity contribution in [2.45, 2.75) is 12.5 Å². The lowest BCUT2D eigenvalue weighted by Gasteiger charge is -2.26. The number of benzene rings is 2. The molecule has 0 fully saturated rings. The number of nitrogens with one attached hydrogen (secondary N) is 1. The Morgan fingerprint density at radius 3 is 2.52 bits per heavy atom. The Morgan fingerprint density at radius 2 is 1.78 bits per heavy atom. The Labute approximate surface area is 166 Å². The zero-order chi connectivity index (χ0) is 19.2. The number of halogens is 2. The van der Waals surface area contributed by atoms with Gasteiger partial charge in [-0.05, 0) is 24.3 Å². The van der Waals surface area contributed by atoms with E-state index in [1.165, 1.54) is 0 Å². The van der Waals surface area contributed by atoms with Crippen LogP contribution in [0.25, 0.3) is 0 Å². The van der Waals surface area contributed by atoms with Crippen LogP contribution >= 0.6 is 23.2 Å². The molecule has 0 saturated carbocycles. The normalized spacial score (nSPS) is 15.1. The van der Waals surface area contributed by atoms with E-state index in [-0.39, 0.29) is 19.1 Å². The van der Waals surface area contributed by atoms with Crippen LogP contribution in [0.15, 0.2) is 42.5 Å². The Bertz CT molecular complexity index is 822. The van der Waals surface area contributed by atoms with E-state index in [1.807, 2.05) is 18.2 Å². The van der Waals surface area contributed by atoms with Crippen molar-refractivity contribution >= 4 is 35.1 Å². The molecule has 1 N–H and O–H groups in total. The summed E-state index contributed by atoms with van der Waals surface area (Å²) in [6, 6.07) is 12.3. The number of carbonyl (C=O) groups excluding carboxylic acids is 2. The summed E-state index contributed by atoms with van der Waals surface area (Å²) in [4.78, 5) is 23.8. The fourth-order valence-electron chi connectivity index (χ4n) is 2.48. The number of hydrogen-bond acceptors (Lipinski definition) is 5. The van der Waals surface area contributed by atoms with Crippen molar-refractivity contribution in [2.75, 3.05) is 19.8 Å². The molecule has 8 heteroatoms. The second-order valence-corrected chi connectivity index (χ2v) is 6.65. The van der Waals surface area contributed by atoms with Gasteiger partial charge in [-0.1, -0.05) is 41.4 Å². The van der Waals surface area contributed by atoms with Crippen molar-refractivity contribution in [3.8, 4) is 11.5 Å². The van der Waals surface area contributed by atoms with Gasteiger partial charge in [-0.25, -0.2) is 0 Å². The summed E-state index contributed by atoms with van der Waals surface area (Å²) in [7, 11) is 0. The molecular weight excluding hydrogens is 393 g/mol. The number of fused-ring (bicyclic) bond motifs is 1.